The highest BCUT2D eigenvalue weighted by Gasteiger charge is 2.14. The lowest BCUT2D eigenvalue weighted by Gasteiger charge is -2.14. The van der Waals surface area contributed by atoms with Gasteiger partial charge >= 0.3 is 0 Å². The summed E-state index contributed by atoms with van der Waals surface area (Å²) in [4.78, 5) is 23.8. The molecule has 0 unspecified atom stereocenters. The number of anilines is 2. The van der Waals surface area contributed by atoms with E-state index in [1.165, 1.54) is 12.8 Å². The lowest BCUT2D eigenvalue weighted by Crippen LogP contribution is -2.33. The summed E-state index contributed by atoms with van der Waals surface area (Å²) in [5.41, 5.74) is 3.07. The van der Waals surface area contributed by atoms with Gasteiger partial charge in [0.2, 0.25) is 5.95 Å². The van der Waals surface area contributed by atoms with Gasteiger partial charge in [0.25, 0.3) is 5.91 Å². The van der Waals surface area contributed by atoms with Gasteiger partial charge < -0.3 is 24.8 Å². The Kier molecular flexibility index (Phi) is 6.96. The zero-order valence-electron chi connectivity index (χ0n) is 19.5. The van der Waals surface area contributed by atoms with E-state index in [9.17, 15) is 4.79 Å². The summed E-state index contributed by atoms with van der Waals surface area (Å²) in [5.74, 6) is 1.72. The average molecular weight is 535 g/mol. The molecule has 0 spiro atoms. The van der Waals surface area contributed by atoms with Crippen LogP contribution in [0.2, 0.25) is 0 Å². The third-order valence-electron chi connectivity index (χ3n) is 6.06. The minimum atomic E-state index is -0.196. The van der Waals surface area contributed by atoms with Crippen LogP contribution in [0.15, 0.2) is 65.3 Å². The van der Waals surface area contributed by atoms with E-state index in [1.54, 1.807) is 18.3 Å². The molecule has 0 bridgehead atoms. The Balaban J connectivity index is 1.26. The molecule has 9 heteroatoms. The highest BCUT2D eigenvalue weighted by Crippen LogP contribution is 2.28. The van der Waals surface area contributed by atoms with E-state index in [1.807, 2.05) is 54.1 Å². The summed E-state index contributed by atoms with van der Waals surface area (Å²) >= 11 is 3.45. The summed E-state index contributed by atoms with van der Waals surface area (Å²) in [6.45, 7) is 3.70. The van der Waals surface area contributed by atoms with Crippen LogP contribution in [0.4, 0.5) is 11.6 Å². The maximum absolute atomic E-state index is 12.5. The minimum Gasteiger partial charge on any atom is -0.457 e. The van der Waals surface area contributed by atoms with Crippen molar-refractivity contribution in [3.63, 3.8) is 0 Å². The minimum absolute atomic E-state index is 0.196. The van der Waals surface area contributed by atoms with Gasteiger partial charge in [0.1, 0.15) is 17.2 Å². The van der Waals surface area contributed by atoms with Gasteiger partial charge in [-0.25, -0.2) is 4.98 Å². The average Bonchev–Trinajstić information content (AvgIpc) is 3.48. The first kappa shape index (κ1) is 23.3. The van der Waals surface area contributed by atoms with Crippen molar-refractivity contribution < 1.29 is 9.53 Å². The monoisotopic (exact) mass is 534 g/mol. The third-order valence-corrected chi connectivity index (χ3v) is 6.59. The number of nitrogens with one attached hydrogen (secondary N) is 2. The van der Waals surface area contributed by atoms with Gasteiger partial charge in [-0.05, 0) is 68.4 Å². The van der Waals surface area contributed by atoms with Crippen molar-refractivity contribution in [1.82, 2.24) is 24.8 Å². The normalized spacial score (nSPS) is 13.8. The number of aryl methyl sites for hydroxylation is 1. The van der Waals surface area contributed by atoms with Gasteiger partial charge in [0, 0.05) is 48.6 Å². The maximum Gasteiger partial charge on any atom is 0.270 e. The van der Waals surface area contributed by atoms with E-state index in [-0.39, 0.29) is 5.91 Å². The van der Waals surface area contributed by atoms with Gasteiger partial charge in [-0.3, -0.25) is 9.78 Å². The largest absolute Gasteiger partial charge is 0.457 e. The van der Waals surface area contributed by atoms with Crippen molar-refractivity contribution in [2.45, 2.75) is 12.8 Å². The fraction of sp³-hybridized carbons (Fsp3) is 0.269. The molecule has 1 saturated heterocycles. The number of carbonyl (C=O) groups excluding carboxylic acids is 1. The number of halogens is 1. The van der Waals surface area contributed by atoms with Gasteiger partial charge in [-0.1, -0.05) is 15.9 Å². The first-order valence-electron chi connectivity index (χ1n) is 11.7. The van der Waals surface area contributed by atoms with E-state index in [0.29, 0.717) is 23.7 Å². The number of imidazole rings is 1. The Morgan fingerprint density at radius 2 is 1.83 bits per heavy atom. The van der Waals surface area contributed by atoms with E-state index in [2.05, 4.69) is 36.4 Å². The molecule has 1 aliphatic heterocycles. The van der Waals surface area contributed by atoms with Crippen molar-refractivity contribution in [2.24, 2.45) is 7.05 Å². The van der Waals surface area contributed by atoms with E-state index >= 15 is 0 Å². The molecule has 2 aromatic carbocycles. The number of rotatable bonds is 8. The van der Waals surface area contributed by atoms with E-state index in [4.69, 9.17) is 9.72 Å². The van der Waals surface area contributed by atoms with Gasteiger partial charge in [0.05, 0.1) is 11.0 Å². The first-order valence-corrected chi connectivity index (χ1v) is 12.5. The van der Waals surface area contributed by atoms with Crippen LogP contribution in [0, 0.1) is 0 Å². The molecule has 0 aliphatic carbocycles. The summed E-state index contributed by atoms with van der Waals surface area (Å²) in [7, 11) is 1.97. The molecule has 2 aromatic heterocycles. The molecule has 0 saturated carbocycles. The molecule has 1 amide bonds. The van der Waals surface area contributed by atoms with Crippen molar-refractivity contribution in [3.05, 3.63) is 71.0 Å². The molecule has 35 heavy (non-hydrogen) atoms. The van der Waals surface area contributed by atoms with Crippen molar-refractivity contribution >= 4 is 44.5 Å². The smallest absolute Gasteiger partial charge is 0.270 e. The summed E-state index contributed by atoms with van der Waals surface area (Å²) in [5, 5.41) is 6.30. The molecule has 1 aliphatic rings. The van der Waals surface area contributed by atoms with Crippen LogP contribution < -0.4 is 15.4 Å². The third kappa shape index (κ3) is 5.63. The molecule has 1 fully saturated rings. The summed E-state index contributed by atoms with van der Waals surface area (Å²) < 4.78 is 9.06. The maximum atomic E-state index is 12.5. The molecule has 0 radical (unpaired) electrons. The van der Waals surface area contributed by atoms with Crippen molar-refractivity contribution in [3.8, 4) is 11.5 Å². The van der Waals surface area contributed by atoms with Crippen molar-refractivity contribution in [2.75, 3.05) is 31.5 Å². The highest BCUT2D eigenvalue weighted by molar-refractivity contribution is 9.10. The predicted molar refractivity (Wildman–Crippen MR) is 140 cm³/mol. The molecule has 0 atom stereocenters. The lowest BCUT2D eigenvalue weighted by molar-refractivity contribution is 0.0944. The van der Waals surface area contributed by atoms with E-state index < -0.39 is 0 Å². The van der Waals surface area contributed by atoms with Gasteiger partial charge in [0.15, 0.2) is 0 Å². The number of fused-ring (bicyclic) bond motifs is 1. The van der Waals surface area contributed by atoms with Crippen LogP contribution in [0.5, 0.6) is 11.5 Å². The number of ether oxygens (including phenoxy) is 1. The number of hydrogen-bond donors (Lipinski definition) is 2. The second-order valence-corrected chi connectivity index (χ2v) is 9.48. The molecular formula is C26H27BrN6O2. The molecule has 4 aromatic rings. The Bertz CT molecular complexity index is 1330. The van der Waals surface area contributed by atoms with Crippen LogP contribution in [0.3, 0.4) is 0 Å². The quantitative estimate of drug-likeness (QED) is 0.327. The van der Waals surface area contributed by atoms with Crippen LogP contribution in [-0.4, -0.2) is 51.5 Å². The van der Waals surface area contributed by atoms with Gasteiger partial charge in [-0.2, -0.15) is 0 Å². The predicted octanol–water partition coefficient (Wildman–Crippen LogP) is 5.09. The molecule has 8 nitrogen and oxygen atoms in total. The number of nitrogens with zero attached hydrogens (tertiary/aromatic N) is 4. The van der Waals surface area contributed by atoms with Gasteiger partial charge in [-0.15, -0.1) is 0 Å². The summed E-state index contributed by atoms with van der Waals surface area (Å²) in [6, 6.07) is 17.1. The van der Waals surface area contributed by atoms with Crippen LogP contribution in [0.25, 0.3) is 11.0 Å². The molecule has 180 valence electrons. The standard InChI is InChI=1S/C26H27BrN6O2/c1-32-24-9-8-20(16-22(24)31-26(32)30-19-6-4-18(27)5-7-19)35-21-10-11-28-23(17-21)25(34)29-12-15-33-13-2-3-14-33/h4-11,16-17H,2-3,12-15H2,1H3,(H,29,34)(H,30,31). The first-order chi connectivity index (χ1) is 17.0. The number of hydrogen-bond acceptors (Lipinski definition) is 6. The lowest BCUT2D eigenvalue weighted by atomic mass is 10.3. The van der Waals surface area contributed by atoms with Crippen LogP contribution >= 0.6 is 15.9 Å². The Morgan fingerprint density at radius 3 is 2.63 bits per heavy atom. The second-order valence-electron chi connectivity index (χ2n) is 8.56. The number of pyridine rings is 1. The molecular weight excluding hydrogens is 508 g/mol. The number of likely N-dealkylation sites (tertiary alicyclic amines) is 1. The highest BCUT2D eigenvalue weighted by atomic mass is 79.9. The number of carbonyl (C=O) groups is 1. The number of amides is 1. The van der Waals surface area contributed by atoms with E-state index in [0.717, 1.165) is 46.8 Å². The Hall–Kier alpha value is -3.43. The van der Waals surface area contributed by atoms with Crippen LogP contribution in [-0.2, 0) is 7.05 Å². The SMILES string of the molecule is Cn1c(Nc2ccc(Br)cc2)nc2cc(Oc3ccnc(C(=O)NCCN4CCCC4)c3)ccc21. The molecule has 5 rings (SSSR count). The fourth-order valence-electron chi connectivity index (χ4n) is 4.18. The fourth-order valence-corrected chi connectivity index (χ4v) is 4.44. The Labute approximate surface area is 212 Å². The second kappa shape index (κ2) is 10.5. The number of benzene rings is 2. The zero-order chi connectivity index (χ0) is 24.2. The zero-order valence-corrected chi connectivity index (χ0v) is 21.1. The Morgan fingerprint density at radius 1 is 1.06 bits per heavy atom. The molecule has 2 N–H and O–H groups in total. The van der Waals surface area contributed by atoms with Crippen molar-refractivity contribution in [1.29, 1.82) is 0 Å². The van der Waals surface area contributed by atoms with Crippen LogP contribution in [0.1, 0.15) is 23.3 Å². The molecule has 3 heterocycles. The number of aromatic nitrogens is 3. The summed E-state index contributed by atoms with van der Waals surface area (Å²) in [6.07, 6.45) is 4.06. The topological polar surface area (TPSA) is 84.3 Å².